The zero-order valence-electron chi connectivity index (χ0n) is 13.4. The Hall–Kier alpha value is -0.620. The minimum absolute atomic E-state index is 0.0921. The number of carbonyl (C=O) groups is 1. The van der Waals surface area contributed by atoms with Gasteiger partial charge in [0.1, 0.15) is 0 Å². The van der Waals surface area contributed by atoms with Crippen LogP contribution < -0.4 is 5.32 Å². The van der Waals surface area contributed by atoms with Crippen LogP contribution in [0.3, 0.4) is 0 Å². The van der Waals surface area contributed by atoms with Gasteiger partial charge in [0.05, 0.1) is 17.5 Å². The van der Waals surface area contributed by atoms with E-state index in [1.165, 1.54) is 0 Å². The van der Waals surface area contributed by atoms with Crippen molar-refractivity contribution in [1.29, 1.82) is 0 Å². The molecule has 2 atom stereocenters. The minimum Gasteiger partial charge on any atom is -0.340 e. The lowest BCUT2D eigenvalue weighted by molar-refractivity contribution is -0.134. The summed E-state index contributed by atoms with van der Waals surface area (Å²) in [6.45, 7) is 5.67. The number of hydrogen-bond donors (Lipinski definition) is 1. The van der Waals surface area contributed by atoms with Crippen molar-refractivity contribution in [2.75, 3.05) is 31.6 Å². The average molecular weight is 316 g/mol. The fourth-order valence-electron chi connectivity index (χ4n) is 3.55. The lowest BCUT2D eigenvalue weighted by Crippen LogP contribution is -2.48. The van der Waals surface area contributed by atoms with Crippen LogP contribution in [-0.2, 0) is 14.6 Å². The predicted octanol–water partition coefficient (Wildman–Crippen LogP) is 1.05. The van der Waals surface area contributed by atoms with Crippen molar-refractivity contribution in [3.05, 3.63) is 0 Å². The fraction of sp³-hybridized carbons (Fsp3) is 0.933. The summed E-state index contributed by atoms with van der Waals surface area (Å²) in [5.41, 5.74) is 0.0921. The second-order valence-electron chi connectivity index (χ2n) is 7.39. The highest BCUT2D eigenvalue weighted by molar-refractivity contribution is 7.91. The Bertz CT molecular complexity index is 487. The van der Waals surface area contributed by atoms with Crippen molar-refractivity contribution >= 4 is 15.7 Å². The second kappa shape index (κ2) is 6.24. The number of carbonyl (C=O) groups excluding carboxylic acids is 1. The van der Waals surface area contributed by atoms with Crippen molar-refractivity contribution in [3.63, 3.8) is 0 Å². The fourth-order valence-corrected chi connectivity index (χ4v) is 5.31. The molecule has 2 heterocycles. The highest BCUT2D eigenvalue weighted by Crippen LogP contribution is 2.30. The molecule has 2 unspecified atom stereocenters. The van der Waals surface area contributed by atoms with Gasteiger partial charge < -0.3 is 10.2 Å². The number of amides is 1. The molecule has 2 rings (SSSR count). The van der Waals surface area contributed by atoms with E-state index in [4.69, 9.17) is 0 Å². The van der Waals surface area contributed by atoms with E-state index in [1.54, 1.807) is 0 Å². The van der Waals surface area contributed by atoms with E-state index in [0.717, 1.165) is 32.2 Å². The third-order valence-electron chi connectivity index (χ3n) is 4.72. The van der Waals surface area contributed by atoms with Crippen LogP contribution in [0.25, 0.3) is 0 Å². The van der Waals surface area contributed by atoms with E-state index in [2.05, 4.69) is 19.2 Å². The number of sulfone groups is 1. The summed E-state index contributed by atoms with van der Waals surface area (Å²) in [5.74, 6) is 0.772. The number of nitrogens with one attached hydrogen (secondary N) is 1. The van der Waals surface area contributed by atoms with Gasteiger partial charge in [-0.05, 0) is 44.1 Å². The van der Waals surface area contributed by atoms with Crippen LogP contribution in [0.2, 0.25) is 0 Å². The Morgan fingerprint density at radius 3 is 2.67 bits per heavy atom. The first-order valence-corrected chi connectivity index (χ1v) is 9.71. The van der Waals surface area contributed by atoms with E-state index < -0.39 is 9.84 Å². The number of hydrogen-bond acceptors (Lipinski definition) is 4. The van der Waals surface area contributed by atoms with Crippen molar-refractivity contribution < 1.29 is 13.2 Å². The zero-order chi connectivity index (χ0) is 15.7. The molecular formula is C15H28N2O3S. The molecule has 0 aromatic heterocycles. The maximum atomic E-state index is 12.6. The molecule has 0 saturated carbocycles. The minimum atomic E-state index is -2.91. The molecule has 0 aromatic rings. The van der Waals surface area contributed by atoms with E-state index >= 15 is 0 Å². The Morgan fingerprint density at radius 1 is 1.33 bits per heavy atom. The Balaban J connectivity index is 2.09. The molecule has 2 aliphatic rings. The van der Waals surface area contributed by atoms with Gasteiger partial charge in [0.25, 0.3) is 0 Å². The zero-order valence-corrected chi connectivity index (χ0v) is 14.2. The van der Waals surface area contributed by atoms with Gasteiger partial charge in [-0.15, -0.1) is 0 Å². The van der Waals surface area contributed by atoms with Crippen LogP contribution in [0.1, 0.15) is 39.5 Å². The summed E-state index contributed by atoms with van der Waals surface area (Å²) in [6.07, 6.45) is 3.49. The van der Waals surface area contributed by atoms with Crippen LogP contribution in [0.15, 0.2) is 0 Å². The van der Waals surface area contributed by atoms with Gasteiger partial charge in [-0.25, -0.2) is 8.42 Å². The highest BCUT2D eigenvalue weighted by atomic mass is 32.2. The Labute approximate surface area is 128 Å². The maximum absolute atomic E-state index is 12.6. The van der Waals surface area contributed by atoms with Gasteiger partial charge in [0.15, 0.2) is 9.84 Å². The molecule has 0 spiro atoms. The number of likely N-dealkylation sites (tertiary alicyclic amines) is 1. The molecule has 2 fully saturated rings. The SMILES string of the molecule is CNC1CCC(C)(C)CN(CC2CCCS(=O)(=O)C2)C1=O. The Morgan fingerprint density at radius 2 is 2.05 bits per heavy atom. The molecule has 5 nitrogen and oxygen atoms in total. The Kier molecular flexibility index (Phi) is 4.98. The van der Waals surface area contributed by atoms with Gasteiger partial charge in [-0.2, -0.15) is 0 Å². The normalized spacial score (nSPS) is 32.7. The van der Waals surface area contributed by atoms with Crippen LogP contribution in [0.5, 0.6) is 0 Å². The van der Waals surface area contributed by atoms with E-state index in [1.807, 2.05) is 11.9 Å². The first kappa shape index (κ1) is 16.7. The van der Waals surface area contributed by atoms with Crippen molar-refractivity contribution in [2.45, 2.75) is 45.6 Å². The standard InChI is InChI=1S/C15H28N2O3S/c1-15(2)7-6-13(16-3)14(18)17(11-15)9-12-5-4-8-21(19,20)10-12/h12-13,16H,4-11H2,1-3H3. The maximum Gasteiger partial charge on any atom is 0.239 e. The first-order valence-electron chi connectivity index (χ1n) is 7.89. The van der Waals surface area contributed by atoms with E-state index in [-0.39, 0.29) is 29.0 Å². The summed E-state index contributed by atoms with van der Waals surface area (Å²) >= 11 is 0. The predicted molar refractivity (Wildman–Crippen MR) is 83.8 cm³/mol. The smallest absolute Gasteiger partial charge is 0.239 e. The first-order chi connectivity index (χ1) is 9.72. The number of rotatable bonds is 3. The molecule has 0 aliphatic carbocycles. The molecule has 2 saturated heterocycles. The molecule has 1 N–H and O–H groups in total. The molecule has 0 bridgehead atoms. The van der Waals surface area contributed by atoms with Crippen LogP contribution in [0.4, 0.5) is 0 Å². The summed E-state index contributed by atoms with van der Waals surface area (Å²) in [6, 6.07) is -0.132. The monoisotopic (exact) mass is 316 g/mol. The second-order valence-corrected chi connectivity index (χ2v) is 9.61. The van der Waals surface area contributed by atoms with Crippen LogP contribution >= 0.6 is 0 Å². The molecule has 21 heavy (non-hydrogen) atoms. The summed E-state index contributed by atoms with van der Waals surface area (Å²) in [7, 11) is -1.09. The molecular weight excluding hydrogens is 288 g/mol. The van der Waals surface area contributed by atoms with Crippen LogP contribution in [-0.4, -0.2) is 56.9 Å². The summed E-state index contributed by atoms with van der Waals surface area (Å²) in [4.78, 5) is 14.5. The summed E-state index contributed by atoms with van der Waals surface area (Å²) in [5, 5.41) is 3.11. The number of nitrogens with zero attached hydrogens (tertiary/aromatic N) is 1. The van der Waals surface area contributed by atoms with Gasteiger partial charge >= 0.3 is 0 Å². The van der Waals surface area contributed by atoms with Crippen LogP contribution in [0, 0.1) is 11.3 Å². The third-order valence-corrected chi connectivity index (χ3v) is 6.61. The lowest BCUT2D eigenvalue weighted by atomic mass is 9.87. The van der Waals surface area contributed by atoms with E-state index in [0.29, 0.717) is 12.3 Å². The van der Waals surface area contributed by atoms with Gasteiger partial charge in [0, 0.05) is 13.1 Å². The lowest BCUT2D eigenvalue weighted by Gasteiger charge is -2.34. The molecule has 0 aromatic carbocycles. The number of likely N-dealkylation sites (N-methyl/N-ethyl adjacent to an activating group) is 1. The summed E-state index contributed by atoms with van der Waals surface area (Å²) < 4.78 is 23.6. The average Bonchev–Trinajstić information content (AvgIpc) is 2.46. The largest absolute Gasteiger partial charge is 0.340 e. The van der Waals surface area contributed by atoms with E-state index in [9.17, 15) is 13.2 Å². The topological polar surface area (TPSA) is 66.5 Å². The quantitative estimate of drug-likeness (QED) is 0.845. The van der Waals surface area contributed by atoms with Gasteiger partial charge in [-0.1, -0.05) is 13.8 Å². The van der Waals surface area contributed by atoms with Crippen molar-refractivity contribution in [2.24, 2.45) is 11.3 Å². The molecule has 6 heteroatoms. The van der Waals surface area contributed by atoms with Crippen molar-refractivity contribution in [3.8, 4) is 0 Å². The van der Waals surface area contributed by atoms with Crippen molar-refractivity contribution in [1.82, 2.24) is 10.2 Å². The third kappa shape index (κ3) is 4.42. The molecule has 0 radical (unpaired) electrons. The molecule has 2 aliphatic heterocycles. The molecule has 1 amide bonds. The highest BCUT2D eigenvalue weighted by Gasteiger charge is 2.36. The van der Waals surface area contributed by atoms with Gasteiger partial charge in [0.2, 0.25) is 5.91 Å². The molecule has 122 valence electrons. The van der Waals surface area contributed by atoms with Gasteiger partial charge in [-0.3, -0.25) is 4.79 Å².